The number of rotatable bonds is 44. The number of phosphoric acid groups is 1. The SMILES string of the molecule is CCCCCCCCC/C=C/C/C=C/C/C=C/C/C=C/CCCC(=O)N[C@@H](COP(=O)([O-])OCC[N+](C)(C)C)[C@H](O)CCCCCCCCCCCCCCCCCC. The topological polar surface area (TPSA) is 108 Å². The number of aliphatic hydroxyl groups is 1. The number of amides is 1. The Labute approximate surface area is 365 Å². The summed E-state index contributed by atoms with van der Waals surface area (Å²) in [6, 6.07) is -0.830. The zero-order valence-corrected chi connectivity index (χ0v) is 40.1. The Morgan fingerprint density at radius 2 is 0.983 bits per heavy atom. The molecule has 1 unspecified atom stereocenters. The minimum absolute atomic E-state index is 0.000694. The largest absolute Gasteiger partial charge is 0.756 e. The standard InChI is InChI=1S/C50H95N2O6P/c1-6-8-10-12-14-16-18-20-22-24-25-26-27-28-30-32-34-36-38-40-42-44-50(54)51-48(47-58-59(55,56)57-46-45-52(3,4)5)49(53)43-41-39-37-35-33-31-29-23-21-19-17-15-13-11-9-7-2/h22,24,26-27,30,32,36,38,48-49,53H,6-21,23,25,28-29,31,33-35,37,39-47H2,1-5H3,(H-,51,54,55,56)/b24-22+,27-26+,32-30+,38-36+/t48-,49+/m0/s1. The Balaban J connectivity index is 4.41. The Bertz CT molecular complexity index is 1100. The third kappa shape index (κ3) is 44.3. The van der Waals surface area contributed by atoms with Crippen LogP contribution in [0.4, 0.5) is 0 Å². The monoisotopic (exact) mass is 851 g/mol. The highest BCUT2D eigenvalue weighted by atomic mass is 31.2. The molecule has 0 radical (unpaired) electrons. The second-order valence-corrected chi connectivity index (χ2v) is 19.2. The molecule has 9 heteroatoms. The van der Waals surface area contributed by atoms with Crippen molar-refractivity contribution in [1.82, 2.24) is 5.32 Å². The van der Waals surface area contributed by atoms with E-state index < -0.39 is 20.0 Å². The third-order valence-corrected chi connectivity index (χ3v) is 11.8. The molecule has 2 N–H and O–H groups in total. The number of nitrogens with zero attached hydrogens (tertiary/aromatic N) is 1. The molecule has 0 aromatic rings. The summed E-state index contributed by atoms with van der Waals surface area (Å²) in [5, 5.41) is 13.9. The quantitative estimate of drug-likeness (QED) is 0.0274. The lowest BCUT2D eigenvalue weighted by Gasteiger charge is -2.30. The number of aliphatic hydroxyl groups excluding tert-OH is 1. The summed E-state index contributed by atoms with van der Waals surface area (Å²) in [6.45, 7) is 4.68. The lowest BCUT2D eigenvalue weighted by Crippen LogP contribution is -2.46. The van der Waals surface area contributed by atoms with Gasteiger partial charge in [0.1, 0.15) is 13.2 Å². The van der Waals surface area contributed by atoms with Crippen molar-refractivity contribution in [3.8, 4) is 0 Å². The fraction of sp³-hybridized carbons (Fsp3) is 0.820. The van der Waals surface area contributed by atoms with Gasteiger partial charge in [0, 0.05) is 6.42 Å². The molecule has 0 fully saturated rings. The van der Waals surface area contributed by atoms with Gasteiger partial charge in [-0.15, -0.1) is 0 Å². The van der Waals surface area contributed by atoms with E-state index in [0.29, 0.717) is 23.9 Å². The van der Waals surface area contributed by atoms with E-state index in [1.165, 1.54) is 135 Å². The van der Waals surface area contributed by atoms with Crippen LogP contribution in [0, 0.1) is 0 Å². The van der Waals surface area contributed by atoms with Crippen LogP contribution in [0.25, 0.3) is 0 Å². The van der Waals surface area contributed by atoms with Crippen molar-refractivity contribution in [3.63, 3.8) is 0 Å². The van der Waals surface area contributed by atoms with E-state index in [9.17, 15) is 19.4 Å². The van der Waals surface area contributed by atoms with Crippen LogP contribution in [0.5, 0.6) is 0 Å². The summed E-state index contributed by atoms with van der Waals surface area (Å²) in [5.74, 6) is -0.218. The fourth-order valence-corrected chi connectivity index (χ4v) is 7.64. The van der Waals surface area contributed by atoms with Gasteiger partial charge in [0.2, 0.25) is 5.91 Å². The first-order valence-electron chi connectivity index (χ1n) is 24.5. The smallest absolute Gasteiger partial charge is 0.268 e. The molecule has 0 aliphatic rings. The summed E-state index contributed by atoms with van der Waals surface area (Å²) in [5.41, 5.74) is 0. The van der Waals surface area contributed by atoms with Gasteiger partial charge < -0.3 is 28.8 Å². The molecule has 346 valence electrons. The molecule has 0 saturated carbocycles. The third-order valence-electron chi connectivity index (χ3n) is 10.8. The highest BCUT2D eigenvalue weighted by Gasteiger charge is 2.24. The molecular weight excluding hydrogens is 756 g/mol. The number of quaternary nitrogens is 1. The molecule has 0 saturated heterocycles. The minimum atomic E-state index is -4.58. The summed E-state index contributed by atoms with van der Waals surface area (Å²) < 4.78 is 23.3. The van der Waals surface area contributed by atoms with Crippen LogP contribution in [0.15, 0.2) is 48.6 Å². The van der Waals surface area contributed by atoms with Gasteiger partial charge in [-0.05, 0) is 51.4 Å². The van der Waals surface area contributed by atoms with E-state index in [-0.39, 0.29) is 25.5 Å². The first-order valence-corrected chi connectivity index (χ1v) is 25.9. The molecular formula is C50H95N2O6P. The summed E-state index contributed by atoms with van der Waals surface area (Å²) in [7, 11) is 1.27. The van der Waals surface area contributed by atoms with Crippen LogP contribution < -0.4 is 10.2 Å². The van der Waals surface area contributed by atoms with Crippen molar-refractivity contribution in [2.45, 2.75) is 225 Å². The number of allylic oxidation sites excluding steroid dienone is 8. The van der Waals surface area contributed by atoms with Gasteiger partial charge in [0.15, 0.2) is 0 Å². The summed E-state index contributed by atoms with van der Waals surface area (Å²) in [4.78, 5) is 25.4. The predicted octanol–water partition coefficient (Wildman–Crippen LogP) is 13.4. The van der Waals surface area contributed by atoms with Crippen molar-refractivity contribution in [1.29, 1.82) is 0 Å². The van der Waals surface area contributed by atoms with E-state index >= 15 is 0 Å². The molecule has 0 aromatic heterocycles. The van der Waals surface area contributed by atoms with Crippen molar-refractivity contribution in [2.24, 2.45) is 0 Å². The number of likely N-dealkylation sites (N-methyl/N-ethyl adjacent to an activating group) is 1. The maximum Gasteiger partial charge on any atom is 0.268 e. The number of phosphoric ester groups is 1. The van der Waals surface area contributed by atoms with E-state index in [1.807, 2.05) is 21.1 Å². The van der Waals surface area contributed by atoms with Gasteiger partial charge in [0.05, 0.1) is 39.9 Å². The summed E-state index contributed by atoms with van der Waals surface area (Å²) in [6.07, 6.45) is 52.7. The van der Waals surface area contributed by atoms with Crippen LogP contribution in [0.2, 0.25) is 0 Å². The molecule has 1 amide bonds. The molecule has 0 aliphatic carbocycles. The first-order chi connectivity index (χ1) is 28.5. The second kappa shape index (κ2) is 41.8. The maximum absolute atomic E-state index is 12.9. The van der Waals surface area contributed by atoms with Crippen molar-refractivity contribution in [2.75, 3.05) is 40.9 Å². The lowest BCUT2D eigenvalue weighted by molar-refractivity contribution is -0.870. The molecule has 8 nitrogen and oxygen atoms in total. The normalized spacial score (nSPS) is 14.6. The molecule has 0 bridgehead atoms. The Hall–Kier alpha value is -1.54. The van der Waals surface area contributed by atoms with Gasteiger partial charge in [-0.2, -0.15) is 0 Å². The van der Waals surface area contributed by atoms with Gasteiger partial charge >= 0.3 is 0 Å². The predicted molar refractivity (Wildman–Crippen MR) is 251 cm³/mol. The molecule has 0 spiro atoms. The Morgan fingerprint density at radius 3 is 1.42 bits per heavy atom. The number of nitrogens with one attached hydrogen (secondary N) is 1. The van der Waals surface area contributed by atoms with Crippen LogP contribution in [-0.2, 0) is 18.4 Å². The van der Waals surface area contributed by atoms with Crippen LogP contribution in [-0.4, -0.2) is 68.5 Å². The van der Waals surface area contributed by atoms with Crippen molar-refractivity contribution in [3.05, 3.63) is 48.6 Å². The fourth-order valence-electron chi connectivity index (χ4n) is 6.91. The molecule has 0 aliphatic heterocycles. The number of carbonyl (C=O) groups is 1. The Morgan fingerprint density at radius 1 is 0.593 bits per heavy atom. The van der Waals surface area contributed by atoms with Crippen molar-refractivity contribution >= 4 is 13.7 Å². The molecule has 0 rings (SSSR count). The van der Waals surface area contributed by atoms with Gasteiger partial charge in [-0.25, -0.2) is 0 Å². The van der Waals surface area contributed by atoms with Crippen LogP contribution in [0.3, 0.4) is 0 Å². The number of carbonyl (C=O) groups excluding carboxylic acids is 1. The molecule has 0 heterocycles. The zero-order valence-electron chi connectivity index (χ0n) is 39.2. The number of hydrogen-bond donors (Lipinski definition) is 2. The lowest BCUT2D eigenvalue weighted by atomic mass is 10.0. The average molecular weight is 851 g/mol. The zero-order chi connectivity index (χ0) is 43.6. The van der Waals surface area contributed by atoms with E-state index in [4.69, 9.17) is 9.05 Å². The van der Waals surface area contributed by atoms with Gasteiger partial charge in [0.25, 0.3) is 7.82 Å². The van der Waals surface area contributed by atoms with Gasteiger partial charge in [-0.1, -0.05) is 204 Å². The van der Waals surface area contributed by atoms with Gasteiger partial charge in [-0.3, -0.25) is 9.36 Å². The second-order valence-electron chi connectivity index (χ2n) is 17.8. The summed E-state index contributed by atoms with van der Waals surface area (Å²) >= 11 is 0. The first kappa shape index (κ1) is 57.5. The van der Waals surface area contributed by atoms with E-state index in [1.54, 1.807) is 0 Å². The minimum Gasteiger partial charge on any atom is -0.756 e. The van der Waals surface area contributed by atoms with E-state index in [2.05, 4.69) is 67.8 Å². The highest BCUT2D eigenvalue weighted by molar-refractivity contribution is 7.45. The Kier molecular flexibility index (Phi) is 40.7. The highest BCUT2D eigenvalue weighted by Crippen LogP contribution is 2.38. The van der Waals surface area contributed by atoms with Crippen LogP contribution in [0.1, 0.15) is 213 Å². The molecule has 0 aromatic carbocycles. The number of unbranched alkanes of at least 4 members (excludes halogenated alkanes) is 23. The van der Waals surface area contributed by atoms with E-state index in [0.717, 1.165) is 44.9 Å². The molecule has 59 heavy (non-hydrogen) atoms. The average Bonchev–Trinajstić information content (AvgIpc) is 3.19. The maximum atomic E-state index is 12.9. The molecule has 3 atom stereocenters. The van der Waals surface area contributed by atoms with Crippen LogP contribution >= 0.6 is 7.82 Å². The number of hydrogen-bond acceptors (Lipinski definition) is 6. The van der Waals surface area contributed by atoms with Crippen molar-refractivity contribution < 1.29 is 32.9 Å².